The quantitative estimate of drug-likeness (QED) is 0.433. The van der Waals surface area contributed by atoms with E-state index in [0.717, 1.165) is 5.56 Å². The maximum atomic E-state index is 9.60. The smallest absolute Gasteiger partial charge is 0.139 e. The number of aromatic nitrogens is 1. The van der Waals surface area contributed by atoms with Crippen molar-refractivity contribution in [2.24, 2.45) is 0 Å². The van der Waals surface area contributed by atoms with Crippen molar-refractivity contribution in [3.05, 3.63) is 89.1 Å². The van der Waals surface area contributed by atoms with Crippen LogP contribution >= 0.6 is 11.6 Å². The van der Waals surface area contributed by atoms with Gasteiger partial charge < -0.3 is 15.2 Å². The number of ether oxygens (including phenoxy) is 2. The Kier molecular flexibility index (Phi) is 5.19. The van der Waals surface area contributed by atoms with Gasteiger partial charge in [-0.15, -0.1) is 0 Å². The standard InChI is InChI=1S/C23H16ClN3O2/c24-19-11-17(6-7-20(19)26)29-22-8-9-27-21-12-23(16(13-25)10-18(21)22)28-14-15-4-2-1-3-5-15/h1-12H,14,26H2. The minimum absolute atomic E-state index is 0.362. The molecule has 1 heterocycles. The molecule has 0 bridgehead atoms. The number of halogens is 1. The van der Waals surface area contributed by atoms with Crippen LogP contribution in [0, 0.1) is 11.3 Å². The van der Waals surface area contributed by atoms with Gasteiger partial charge in [-0.2, -0.15) is 5.26 Å². The predicted octanol–water partition coefficient (Wildman–Crippen LogP) is 5.71. The van der Waals surface area contributed by atoms with E-state index in [4.69, 9.17) is 26.8 Å². The number of pyridine rings is 1. The molecule has 0 radical (unpaired) electrons. The molecule has 4 rings (SSSR count). The average molecular weight is 402 g/mol. The SMILES string of the molecule is N#Cc1cc2c(Oc3ccc(N)c(Cl)c3)ccnc2cc1OCc1ccccc1. The Morgan fingerprint density at radius 1 is 1.00 bits per heavy atom. The second-order valence-corrected chi connectivity index (χ2v) is 6.75. The number of nitriles is 1. The highest BCUT2D eigenvalue weighted by molar-refractivity contribution is 6.33. The Bertz CT molecular complexity index is 1220. The van der Waals surface area contributed by atoms with Crippen LogP contribution in [0.5, 0.6) is 17.2 Å². The molecule has 0 aliphatic heterocycles. The van der Waals surface area contributed by atoms with Gasteiger partial charge in [0, 0.05) is 23.7 Å². The van der Waals surface area contributed by atoms with Gasteiger partial charge in [0.2, 0.25) is 0 Å². The summed E-state index contributed by atoms with van der Waals surface area (Å²) >= 11 is 6.08. The van der Waals surface area contributed by atoms with Crippen LogP contribution in [0.3, 0.4) is 0 Å². The van der Waals surface area contributed by atoms with Gasteiger partial charge in [0.25, 0.3) is 0 Å². The maximum absolute atomic E-state index is 9.60. The first-order valence-corrected chi connectivity index (χ1v) is 9.24. The molecular formula is C23H16ClN3O2. The summed E-state index contributed by atoms with van der Waals surface area (Å²) in [5, 5.41) is 10.7. The van der Waals surface area contributed by atoms with Crippen LogP contribution in [0.25, 0.3) is 10.9 Å². The number of benzene rings is 3. The lowest BCUT2D eigenvalue weighted by atomic mass is 10.1. The molecule has 0 aliphatic carbocycles. The molecule has 0 spiro atoms. The van der Waals surface area contributed by atoms with E-state index in [-0.39, 0.29) is 0 Å². The van der Waals surface area contributed by atoms with Gasteiger partial charge >= 0.3 is 0 Å². The molecule has 0 atom stereocenters. The van der Waals surface area contributed by atoms with Crippen molar-refractivity contribution < 1.29 is 9.47 Å². The maximum Gasteiger partial charge on any atom is 0.139 e. The first-order valence-electron chi connectivity index (χ1n) is 8.86. The number of anilines is 1. The van der Waals surface area contributed by atoms with Gasteiger partial charge in [-0.3, -0.25) is 4.98 Å². The lowest BCUT2D eigenvalue weighted by Crippen LogP contribution is -1.98. The third-order valence-corrected chi connectivity index (χ3v) is 4.69. The zero-order chi connectivity index (χ0) is 20.2. The fraction of sp³-hybridized carbons (Fsp3) is 0.0435. The largest absolute Gasteiger partial charge is 0.487 e. The van der Waals surface area contributed by atoms with E-state index in [0.29, 0.717) is 51.0 Å². The number of rotatable bonds is 5. The van der Waals surface area contributed by atoms with Gasteiger partial charge in [-0.05, 0) is 29.8 Å². The molecule has 0 fully saturated rings. The van der Waals surface area contributed by atoms with Gasteiger partial charge in [0.05, 0.1) is 21.8 Å². The van der Waals surface area contributed by atoms with E-state index in [1.807, 2.05) is 30.3 Å². The minimum atomic E-state index is 0.362. The molecule has 0 saturated carbocycles. The molecule has 29 heavy (non-hydrogen) atoms. The molecule has 2 N–H and O–H groups in total. The summed E-state index contributed by atoms with van der Waals surface area (Å²) in [7, 11) is 0. The van der Waals surface area contributed by atoms with Gasteiger partial charge in [-0.1, -0.05) is 41.9 Å². The topological polar surface area (TPSA) is 81.2 Å². The number of fused-ring (bicyclic) bond motifs is 1. The van der Waals surface area contributed by atoms with Crippen molar-refractivity contribution >= 4 is 28.2 Å². The molecule has 6 heteroatoms. The molecule has 5 nitrogen and oxygen atoms in total. The van der Waals surface area contributed by atoms with Crippen molar-refractivity contribution in [2.45, 2.75) is 6.61 Å². The van der Waals surface area contributed by atoms with Gasteiger partial charge in [0.1, 0.15) is 29.9 Å². The first-order chi connectivity index (χ1) is 14.1. The number of nitrogen functional groups attached to an aromatic ring is 1. The molecular weight excluding hydrogens is 386 g/mol. The Morgan fingerprint density at radius 3 is 2.59 bits per heavy atom. The molecule has 0 aliphatic rings. The summed E-state index contributed by atoms with van der Waals surface area (Å²) in [6.07, 6.45) is 1.64. The first kappa shape index (κ1) is 18.6. The molecule has 3 aromatic carbocycles. The third-order valence-electron chi connectivity index (χ3n) is 4.36. The van der Waals surface area contributed by atoms with Crippen molar-refractivity contribution in [2.75, 3.05) is 5.73 Å². The third kappa shape index (κ3) is 4.08. The fourth-order valence-corrected chi connectivity index (χ4v) is 3.05. The highest BCUT2D eigenvalue weighted by Crippen LogP contribution is 2.34. The second-order valence-electron chi connectivity index (χ2n) is 6.35. The van der Waals surface area contributed by atoms with Gasteiger partial charge in [-0.25, -0.2) is 0 Å². The monoisotopic (exact) mass is 401 g/mol. The number of hydrogen-bond acceptors (Lipinski definition) is 5. The van der Waals surface area contributed by atoms with Crippen LogP contribution in [-0.2, 0) is 6.61 Å². The molecule has 0 unspecified atom stereocenters. The van der Waals surface area contributed by atoms with Crippen molar-refractivity contribution in [3.63, 3.8) is 0 Å². The zero-order valence-electron chi connectivity index (χ0n) is 15.3. The average Bonchev–Trinajstić information content (AvgIpc) is 2.75. The molecule has 142 valence electrons. The summed E-state index contributed by atoms with van der Waals surface area (Å²) in [5.41, 5.74) is 8.31. The van der Waals surface area contributed by atoms with Crippen molar-refractivity contribution in [1.82, 2.24) is 4.98 Å². The van der Waals surface area contributed by atoms with Crippen LogP contribution < -0.4 is 15.2 Å². The Labute approximate surface area is 172 Å². The summed E-state index contributed by atoms with van der Waals surface area (Å²) < 4.78 is 11.8. The van der Waals surface area contributed by atoms with Crippen molar-refractivity contribution in [3.8, 4) is 23.3 Å². The van der Waals surface area contributed by atoms with E-state index in [1.54, 1.807) is 42.6 Å². The zero-order valence-corrected chi connectivity index (χ0v) is 16.1. The highest BCUT2D eigenvalue weighted by atomic mass is 35.5. The lowest BCUT2D eigenvalue weighted by Gasteiger charge is -2.12. The van der Waals surface area contributed by atoms with Crippen LogP contribution in [0.1, 0.15) is 11.1 Å². The van der Waals surface area contributed by atoms with E-state index < -0.39 is 0 Å². The summed E-state index contributed by atoms with van der Waals surface area (Å²) in [6, 6.07) is 22.2. The van der Waals surface area contributed by atoms with E-state index in [2.05, 4.69) is 11.1 Å². The summed E-state index contributed by atoms with van der Waals surface area (Å²) in [4.78, 5) is 4.39. The molecule has 1 aromatic heterocycles. The predicted molar refractivity (Wildman–Crippen MR) is 113 cm³/mol. The number of nitrogens with zero attached hydrogens (tertiary/aromatic N) is 2. The molecule has 4 aromatic rings. The highest BCUT2D eigenvalue weighted by Gasteiger charge is 2.12. The van der Waals surface area contributed by atoms with Crippen LogP contribution in [-0.4, -0.2) is 4.98 Å². The van der Waals surface area contributed by atoms with Crippen LogP contribution in [0.4, 0.5) is 5.69 Å². The summed E-state index contributed by atoms with van der Waals surface area (Å²) in [6.45, 7) is 0.362. The number of nitrogens with two attached hydrogens (primary N) is 1. The summed E-state index contributed by atoms with van der Waals surface area (Å²) in [5.74, 6) is 1.57. The Hall–Kier alpha value is -3.75. The van der Waals surface area contributed by atoms with E-state index in [9.17, 15) is 5.26 Å². The lowest BCUT2D eigenvalue weighted by molar-refractivity contribution is 0.305. The van der Waals surface area contributed by atoms with E-state index >= 15 is 0 Å². The normalized spacial score (nSPS) is 10.5. The van der Waals surface area contributed by atoms with Gasteiger partial charge in [0.15, 0.2) is 0 Å². The van der Waals surface area contributed by atoms with E-state index in [1.165, 1.54) is 0 Å². The molecule has 0 saturated heterocycles. The Balaban J connectivity index is 1.67. The van der Waals surface area contributed by atoms with Crippen LogP contribution in [0.15, 0.2) is 72.9 Å². The van der Waals surface area contributed by atoms with Crippen molar-refractivity contribution in [1.29, 1.82) is 5.26 Å². The fourth-order valence-electron chi connectivity index (χ4n) is 2.88. The Morgan fingerprint density at radius 2 is 1.83 bits per heavy atom. The molecule has 0 amide bonds. The number of hydrogen-bond donors (Lipinski definition) is 1. The second kappa shape index (κ2) is 8.09. The minimum Gasteiger partial charge on any atom is -0.487 e. The van der Waals surface area contributed by atoms with Crippen LogP contribution in [0.2, 0.25) is 5.02 Å².